The van der Waals surface area contributed by atoms with Gasteiger partial charge in [0.25, 0.3) is 0 Å². The first-order valence-electron chi connectivity index (χ1n) is 7.98. The number of rotatable bonds is 8. The SMILES string of the molecule is C=CCn1c(SCC(=O)Nc2ccccc2OC)nnc1-c1ccc(Br)o1. The third kappa shape index (κ3) is 4.61. The largest absolute Gasteiger partial charge is 0.495 e. The number of hydrogen-bond donors (Lipinski definition) is 1. The van der Waals surface area contributed by atoms with Gasteiger partial charge in [0, 0.05) is 6.54 Å². The number of aromatic nitrogens is 3. The number of carbonyl (C=O) groups is 1. The Morgan fingerprint density at radius 1 is 1.37 bits per heavy atom. The number of anilines is 1. The van der Waals surface area contributed by atoms with Crippen LogP contribution < -0.4 is 10.1 Å². The number of amides is 1. The number of halogens is 1. The quantitative estimate of drug-likeness (QED) is 0.410. The molecular formula is C18H17BrN4O3S. The molecule has 0 saturated heterocycles. The number of ether oxygens (including phenoxy) is 1. The summed E-state index contributed by atoms with van der Waals surface area (Å²) in [5.74, 6) is 1.78. The van der Waals surface area contributed by atoms with Gasteiger partial charge in [-0.25, -0.2) is 0 Å². The summed E-state index contributed by atoms with van der Waals surface area (Å²) in [4.78, 5) is 12.3. The van der Waals surface area contributed by atoms with Crippen LogP contribution in [0.15, 0.2) is 63.3 Å². The molecule has 1 aromatic carbocycles. The molecular weight excluding hydrogens is 432 g/mol. The zero-order chi connectivity index (χ0) is 19.2. The molecule has 0 aliphatic heterocycles. The number of furan rings is 1. The van der Waals surface area contributed by atoms with Crippen LogP contribution in [0.25, 0.3) is 11.6 Å². The molecule has 0 bridgehead atoms. The van der Waals surface area contributed by atoms with E-state index in [1.54, 1.807) is 37.5 Å². The highest BCUT2D eigenvalue weighted by Crippen LogP contribution is 2.28. The van der Waals surface area contributed by atoms with Crippen molar-refractivity contribution < 1.29 is 13.9 Å². The molecule has 0 aliphatic carbocycles. The number of nitrogens with zero attached hydrogens (tertiary/aromatic N) is 3. The van der Waals surface area contributed by atoms with Crippen LogP contribution >= 0.6 is 27.7 Å². The van der Waals surface area contributed by atoms with Gasteiger partial charge in [-0.2, -0.15) is 0 Å². The summed E-state index contributed by atoms with van der Waals surface area (Å²) >= 11 is 4.57. The predicted octanol–water partition coefficient (Wildman–Crippen LogP) is 4.23. The standard InChI is InChI=1S/C18H17BrN4O3S/c1-3-10-23-17(14-8-9-15(19)26-14)21-22-18(23)27-11-16(24)20-12-6-4-5-7-13(12)25-2/h3-9H,1,10-11H2,2H3,(H,20,24). The fourth-order valence-electron chi connectivity index (χ4n) is 2.37. The van der Waals surface area contributed by atoms with E-state index in [1.165, 1.54) is 11.8 Å². The van der Waals surface area contributed by atoms with E-state index < -0.39 is 0 Å². The second-order valence-electron chi connectivity index (χ2n) is 5.35. The van der Waals surface area contributed by atoms with Crippen molar-refractivity contribution in [1.29, 1.82) is 0 Å². The smallest absolute Gasteiger partial charge is 0.234 e. The minimum Gasteiger partial charge on any atom is -0.495 e. The van der Waals surface area contributed by atoms with Gasteiger partial charge in [-0.3, -0.25) is 9.36 Å². The van der Waals surface area contributed by atoms with Crippen LogP contribution in [0, 0.1) is 0 Å². The number of para-hydroxylation sites is 2. The molecule has 0 spiro atoms. The molecule has 0 aliphatic rings. The molecule has 27 heavy (non-hydrogen) atoms. The van der Waals surface area contributed by atoms with Gasteiger partial charge in [0.15, 0.2) is 15.6 Å². The molecule has 3 rings (SSSR count). The van der Waals surface area contributed by atoms with Crippen LogP contribution in [0.3, 0.4) is 0 Å². The number of allylic oxidation sites excluding steroid dienone is 1. The van der Waals surface area contributed by atoms with Crippen LogP contribution in [-0.2, 0) is 11.3 Å². The maximum absolute atomic E-state index is 12.3. The van der Waals surface area contributed by atoms with E-state index in [9.17, 15) is 4.79 Å². The molecule has 0 fully saturated rings. The minimum absolute atomic E-state index is 0.167. The zero-order valence-electron chi connectivity index (χ0n) is 14.5. The summed E-state index contributed by atoms with van der Waals surface area (Å²) in [5, 5.41) is 11.8. The number of nitrogens with one attached hydrogen (secondary N) is 1. The number of benzene rings is 1. The molecule has 1 amide bonds. The predicted molar refractivity (Wildman–Crippen MR) is 108 cm³/mol. The normalized spacial score (nSPS) is 10.6. The average Bonchev–Trinajstić information content (AvgIpc) is 3.27. The van der Waals surface area contributed by atoms with Crippen LogP contribution in [0.1, 0.15) is 0 Å². The highest BCUT2D eigenvalue weighted by molar-refractivity contribution is 9.10. The van der Waals surface area contributed by atoms with E-state index in [4.69, 9.17) is 9.15 Å². The third-order valence-corrected chi connectivity index (χ3v) is 4.93. The van der Waals surface area contributed by atoms with Crippen molar-refractivity contribution in [2.45, 2.75) is 11.7 Å². The molecule has 0 radical (unpaired) electrons. The van der Waals surface area contributed by atoms with E-state index in [0.29, 0.717) is 39.4 Å². The lowest BCUT2D eigenvalue weighted by Crippen LogP contribution is -2.15. The van der Waals surface area contributed by atoms with E-state index in [0.717, 1.165) is 0 Å². The summed E-state index contributed by atoms with van der Waals surface area (Å²) in [6.45, 7) is 4.27. The molecule has 0 unspecified atom stereocenters. The van der Waals surface area contributed by atoms with Crippen molar-refractivity contribution in [2.75, 3.05) is 18.2 Å². The van der Waals surface area contributed by atoms with Crippen LogP contribution in [0.4, 0.5) is 5.69 Å². The number of thioether (sulfide) groups is 1. The van der Waals surface area contributed by atoms with Gasteiger partial charge < -0.3 is 14.5 Å². The summed E-state index contributed by atoms with van der Waals surface area (Å²) < 4.78 is 13.3. The van der Waals surface area contributed by atoms with Crippen LogP contribution in [0.5, 0.6) is 5.75 Å². The fourth-order valence-corrected chi connectivity index (χ4v) is 3.42. The highest BCUT2D eigenvalue weighted by Gasteiger charge is 2.17. The Labute approximate surface area is 168 Å². The van der Waals surface area contributed by atoms with E-state index in [1.807, 2.05) is 16.7 Å². The maximum Gasteiger partial charge on any atom is 0.234 e. The molecule has 2 aromatic heterocycles. The molecule has 9 heteroatoms. The van der Waals surface area contributed by atoms with E-state index in [-0.39, 0.29) is 11.7 Å². The number of hydrogen-bond acceptors (Lipinski definition) is 6. The van der Waals surface area contributed by atoms with Crippen LogP contribution in [-0.4, -0.2) is 33.5 Å². The molecule has 0 saturated carbocycles. The summed E-state index contributed by atoms with van der Waals surface area (Å²) in [6, 6.07) is 10.8. The van der Waals surface area contributed by atoms with Gasteiger partial charge in [0.2, 0.25) is 11.7 Å². The van der Waals surface area contributed by atoms with E-state index in [2.05, 4.69) is 38.0 Å². The monoisotopic (exact) mass is 448 g/mol. The maximum atomic E-state index is 12.3. The van der Waals surface area contributed by atoms with E-state index >= 15 is 0 Å². The Bertz CT molecular complexity index is 954. The topological polar surface area (TPSA) is 82.2 Å². The third-order valence-electron chi connectivity index (χ3n) is 3.54. The lowest BCUT2D eigenvalue weighted by molar-refractivity contribution is -0.113. The molecule has 140 valence electrons. The van der Waals surface area contributed by atoms with Crippen molar-refractivity contribution in [2.24, 2.45) is 0 Å². The first kappa shape index (κ1) is 19.2. The molecule has 2 heterocycles. The molecule has 0 atom stereocenters. The summed E-state index contributed by atoms with van der Waals surface area (Å²) in [7, 11) is 1.56. The van der Waals surface area contributed by atoms with Crippen LogP contribution in [0.2, 0.25) is 0 Å². The summed E-state index contributed by atoms with van der Waals surface area (Å²) in [6.07, 6.45) is 1.74. The first-order valence-corrected chi connectivity index (χ1v) is 9.75. The van der Waals surface area contributed by atoms with Gasteiger partial charge in [-0.05, 0) is 40.2 Å². The lowest BCUT2D eigenvalue weighted by Gasteiger charge is -2.10. The van der Waals surface area contributed by atoms with Gasteiger partial charge >= 0.3 is 0 Å². The number of carbonyl (C=O) groups excluding carboxylic acids is 1. The van der Waals surface area contributed by atoms with Crippen molar-refractivity contribution in [1.82, 2.24) is 14.8 Å². The van der Waals surface area contributed by atoms with Gasteiger partial charge in [-0.1, -0.05) is 30.0 Å². The Balaban J connectivity index is 1.71. The molecule has 1 N–H and O–H groups in total. The van der Waals surface area contributed by atoms with Gasteiger partial charge in [-0.15, -0.1) is 16.8 Å². The molecule has 7 nitrogen and oxygen atoms in total. The fraction of sp³-hybridized carbons (Fsp3) is 0.167. The average molecular weight is 449 g/mol. The highest BCUT2D eigenvalue weighted by atomic mass is 79.9. The van der Waals surface area contributed by atoms with Crippen molar-refractivity contribution in [3.05, 3.63) is 53.7 Å². The van der Waals surface area contributed by atoms with Crippen molar-refractivity contribution >= 4 is 39.3 Å². The Hall–Kier alpha value is -2.52. The first-order chi connectivity index (χ1) is 13.1. The molecule has 3 aromatic rings. The lowest BCUT2D eigenvalue weighted by atomic mass is 10.3. The van der Waals surface area contributed by atoms with Crippen molar-refractivity contribution in [3.8, 4) is 17.3 Å². The Morgan fingerprint density at radius 2 is 2.19 bits per heavy atom. The van der Waals surface area contributed by atoms with Crippen molar-refractivity contribution in [3.63, 3.8) is 0 Å². The Kier molecular flexibility index (Phi) is 6.36. The van der Waals surface area contributed by atoms with Gasteiger partial charge in [0.05, 0.1) is 18.6 Å². The second-order valence-corrected chi connectivity index (χ2v) is 7.07. The Morgan fingerprint density at radius 3 is 2.89 bits per heavy atom. The second kappa shape index (κ2) is 8.92. The zero-order valence-corrected chi connectivity index (χ0v) is 16.9. The summed E-state index contributed by atoms with van der Waals surface area (Å²) in [5.41, 5.74) is 0.624. The minimum atomic E-state index is -0.167. The number of methoxy groups -OCH3 is 1. The van der Waals surface area contributed by atoms with Gasteiger partial charge in [0.1, 0.15) is 5.75 Å².